The molecule has 154 valence electrons. The monoisotopic (exact) mass is 434 g/mol. The minimum atomic E-state index is -0.304. The Morgan fingerprint density at radius 3 is 2.62 bits per heavy atom. The van der Waals surface area contributed by atoms with Crippen LogP contribution in [0.15, 0.2) is 42.5 Å². The quantitative estimate of drug-likeness (QED) is 0.666. The number of ether oxygens (including phenoxy) is 2. The fourth-order valence-corrected chi connectivity index (χ4v) is 4.36. The molecular weight excluding hydrogens is 411 g/mol. The highest BCUT2D eigenvalue weighted by Crippen LogP contribution is 2.33. The Bertz CT molecular complexity index is 882. The number of benzene rings is 2. The minimum Gasteiger partial charge on any atom is -0.441 e. The molecule has 2 fully saturated rings. The van der Waals surface area contributed by atoms with Crippen LogP contribution in [0.2, 0.25) is 10.0 Å². The molecule has 2 aromatic rings. The van der Waals surface area contributed by atoms with Gasteiger partial charge in [0.2, 0.25) is 0 Å². The molecule has 0 aliphatic carbocycles. The van der Waals surface area contributed by atoms with Crippen LogP contribution < -0.4 is 5.32 Å². The molecule has 1 N–H and O–H groups in total. The minimum absolute atomic E-state index is 0.293. The molecule has 2 saturated heterocycles. The third-order valence-electron chi connectivity index (χ3n) is 5.68. The Hall–Kier alpha value is -1.79. The van der Waals surface area contributed by atoms with Gasteiger partial charge in [-0.2, -0.15) is 0 Å². The van der Waals surface area contributed by atoms with E-state index in [-0.39, 0.29) is 11.7 Å². The Balaban J connectivity index is 1.29. The molecule has 0 radical (unpaired) electrons. The Kier molecular flexibility index (Phi) is 6.30. The van der Waals surface area contributed by atoms with Gasteiger partial charge in [-0.15, -0.1) is 0 Å². The van der Waals surface area contributed by atoms with Crippen LogP contribution in [0.1, 0.15) is 18.4 Å². The van der Waals surface area contributed by atoms with Crippen molar-refractivity contribution in [1.82, 2.24) is 10.2 Å². The third-order valence-corrected chi connectivity index (χ3v) is 6.24. The van der Waals surface area contributed by atoms with Gasteiger partial charge >= 0.3 is 6.09 Å². The van der Waals surface area contributed by atoms with Gasteiger partial charge in [-0.05, 0) is 29.3 Å². The predicted molar refractivity (Wildman–Crippen MR) is 114 cm³/mol. The van der Waals surface area contributed by atoms with E-state index in [9.17, 15) is 4.79 Å². The number of hydrogen-bond acceptors (Lipinski definition) is 4. The van der Waals surface area contributed by atoms with Crippen molar-refractivity contribution < 1.29 is 14.3 Å². The molecule has 2 aliphatic rings. The standard InChI is InChI=1S/C22H24Cl2N2O3/c23-17-6-5-16(19(13-17)18-3-1-2-4-20(18)24)14-28-12-11-26-9-7-22(8-10-26)15-25-21(27)29-22/h1-6,13H,7-12,14-15H2,(H,25,27). The van der Waals surface area contributed by atoms with Gasteiger partial charge in [0.05, 0.1) is 19.8 Å². The summed E-state index contributed by atoms with van der Waals surface area (Å²) in [5.74, 6) is 0. The van der Waals surface area contributed by atoms with Crippen molar-refractivity contribution in [3.8, 4) is 11.1 Å². The summed E-state index contributed by atoms with van der Waals surface area (Å²) in [6.45, 7) is 4.42. The van der Waals surface area contributed by atoms with E-state index in [1.165, 1.54) is 0 Å². The van der Waals surface area contributed by atoms with E-state index in [0.29, 0.717) is 29.8 Å². The lowest BCUT2D eigenvalue weighted by molar-refractivity contribution is -0.00707. The lowest BCUT2D eigenvalue weighted by Gasteiger charge is -2.37. The van der Waals surface area contributed by atoms with Crippen molar-refractivity contribution in [2.75, 3.05) is 32.8 Å². The first-order valence-electron chi connectivity index (χ1n) is 9.85. The van der Waals surface area contributed by atoms with Gasteiger partial charge in [-0.3, -0.25) is 0 Å². The second-order valence-corrected chi connectivity index (χ2v) is 8.45. The number of alkyl carbamates (subject to hydrolysis) is 1. The van der Waals surface area contributed by atoms with Crippen LogP contribution in [-0.2, 0) is 16.1 Å². The molecule has 0 unspecified atom stereocenters. The van der Waals surface area contributed by atoms with E-state index >= 15 is 0 Å². The lowest BCUT2D eigenvalue weighted by Crippen LogP contribution is -2.47. The van der Waals surface area contributed by atoms with E-state index in [2.05, 4.69) is 10.2 Å². The van der Waals surface area contributed by atoms with Gasteiger partial charge in [0.15, 0.2) is 0 Å². The van der Waals surface area contributed by atoms with Crippen molar-refractivity contribution in [2.24, 2.45) is 0 Å². The van der Waals surface area contributed by atoms with Gasteiger partial charge in [-0.1, -0.05) is 47.5 Å². The number of halogens is 2. The summed E-state index contributed by atoms with van der Waals surface area (Å²) in [6, 6.07) is 13.6. The molecule has 2 heterocycles. The molecule has 4 rings (SSSR count). The number of nitrogens with one attached hydrogen (secondary N) is 1. The van der Waals surface area contributed by atoms with Crippen LogP contribution in [0.3, 0.4) is 0 Å². The first-order chi connectivity index (χ1) is 14.0. The molecule has 7 heteroatoms. The summed E-state index contributed by atoms with van der Waals surface area (Å²) in [4.78, 5) is 13.7. The predicted octanol–water partition coefficient (Wildman–Crippen LogP) is 4.75. The van der Waals surface area contributed by atoms with Crippen LogP contribution in [0.4, 0.5) is 4.79 Å². The maximum Gasteiger partial charge on any atom is 0.407 e. The fourth-order valence-electron chi connectivity index (χ4n) is 3.95. The Labute approximate surface area is 180 Å². The summed E-state index contributed by atoms with van der Waals surface area (Å²) in [5, 5.41) is 4.14. The molecule has 0 aromatic heterocycles. The molecule has 2 aromatic carbocycles. The molecule has 2 aliphatic heterocycles. The third kappa shape index (κ3) is 4.86. The zero-order chi connectivity index (χ0) is 20.3. The van der Waals surface area contributed by atoms with Crippen molar-refractivity contribution in [3.63, 3.8) is 0 Å². The summed E-state index contributed by atoms with van der Waals surface area (Å²) in [6.07, 6.45) is 1.43. The van der Waals surface area contributed by atoms with Crippen molar-refractivity contribution >= 4 is 29.3 Å². The molecule has 29 heavy (non-hydrogen) atoms. The van der Waals surface area contributed by atoms with Gasteiger partial charge in [-0.25, -0.2) is 4.79 Å². The molecule has 0 atom stereocenters. The van der Waals surface area contributed by atoms with Crippen molar-refractivity contribution in [3.05, 3.63) is 58.1 Å². The molecule has 1 amide bonds. The van der Waals surface area contributed by atoms with Gasteiger partial charge < -0.3 is 19.7 Å². The van der Waals surface area contributed by atoms with E-state index in [0.717, 1.165) is 49.2 Å². The summed E-state index contributed by atoms with van der Waals surface area (Å²) in [5.41, 5.74) is 2.71. The number of likely N-dealkylation sites (tertiary alicyclic amines) is 1. The number of carbonyl (C=O) groups excluding carboxylic acids is 1. The largest absolute Gasteiger partial charge is 0.441 e. The SMILES string of the molecule is O=C1NCC2(CCN(CCOCc3ccc(Cl)cc3-c3ccccc3Cl)CC2)O1. The van der Waals surface area contributed by atoms with E-state index in [1.54, 1.807) is 0 Å². The van der Waals surface area contributed by atoms with Crippen LogP contribution in [0, 0.1) is 0 Å². The highest BCUT2D eigenvalue weighted by atomic mass is 35.5. The first-order valence-corrected chi connectivity index (χ1v) is 10.6. The average molecular weight is 435 g/mol. The Morgan fingerprint density at radius 1 is 1.10 bits per heavy atom. The molecule has 0 bridgehead atoms. The molecule has 5 nitrogen and oxygen atoms in total. The van der Waals surface area contributed by atoms with Gasteiger partial charge in [0, 0.05) is 48.1 Å². The van der Waals surface area contributed by atoms with Crippen LogP contribution >= 0.6 is 23.2 Å². The number of hydrogen-bond donors (Lipinski definition) is 1. The summed E-state index contributed by atoms with van der Waals surface area (Å²) in [7, 11) is 0. The molecule has 1 spiro atoms. The number of amides is 1. The number of carbonyl (C=O) groups is 1. The first kappa shape index (κ1) is 20.5. The topological polar surface area (TPSA) is 50.8 Å². The normalized spacial score (nSPS) is 18.6. The zero-order valence-corrected chi connectivity index (χ0v) is 17.6. The number of piperidine rings is 1. The fraction of sp³-hybridized carbons (Fsp3) is 0.409. The number of nitrogens with zero attached hydrogens (tertiary/aromatic N) is 1. The highest BCUT2D eigenvalue weighted by molar-refractivity contribution is 6.34. The lowest BCUT2D eigenvalue weighted by atomic mass is 9.92. The van der Waals surface area contributed by atoms with E-state index in [4.69, 9.17) is 32.7 Å². The second kappa shape index (κ2) is 8.92. The van der Waals surface area contributed by atoms with Crippen LogP contribution in [0.5, 0.6) is 0 Å². The Morgan fingerprint density at radius 2 is 1.90 bits per heavy atom. The van der Waals surface area contributed by atoms with Crippen LogP contribution in [-0.4, -0.2) is 49.4 Å². The van der Waals surface area contributed by atoms with Gasteiger partial charge in [0.1, 0.15) is 5.60 Å². The molecular formula is C22H24Cl2N2O3. The second-order valence-electron chi connectivity index (χ2n) is 7.60. The maximum absolute atomic E-state index is 11.3. The highest BCUT2D eigenvalue weighted by Gasteiger charge is 2.42. The van der Waals surface area contributed by atoms with E-state index in [1.807, 2.05) is 42.5 Å². The van der Waals surface area contributed by atoms with Gasteiger partial charge in [0.25, 0.3) is 0 Å². The summed E-state index contributed by atoms with van der Waals surface area (Å²) < 4.78 is 11.4. The van der Waals surface area contributed by atoms with E-state index < -0.39 is 0 Å². The number of rotatable bonds is 6. The average Bonchev–Trinajstić information content (AvgIpc) is 3.08. The zero-order valence-electron chi connectivity index (χ0n) is 16.1. The van der Waals surface area contributed by atoms with Crippen LogP contribution in [0.25, 0.3) is 11.1 Å². The smallest absolute Gasteiger partial charge is 0.407 e. The van der Waals surface area contributed by atoms with Crippen molar-refractivity contribution in [2.45, 2.75) is 25.0 Å². The maximum atomic E-state index is 11.3. The molecule has 0 saturated carbocycles. The summed E-state index contributed by atoms with van der Waals surface area (Å²) >= 11 is 12.6. The van der Waals surface area contributed by atoms with Crippen molar-refractivity contribution in [1.29, 1.82) is 0 Å².